The smallest absolute Gasteiger partial charge is 0.326 e. The summed E-state index contributed by atoms with van der Waals surface area (Å²) < 4.78 is 5.09. The molecule has 2 atom stereocenters. The van der Waals surface area contributed by atoms with Crippen LogP contribution < -0.4 is 5.32 Å². The Morgan fingerprint density at radius 1 is 1.33 bits per heavy atom. The van der Waals surface area contributed by atoms with Gasteiger partial charge in [-0.1, -0.05) is 0 Å². The maximum atomic E-state index is 11.6. The molecule has 0 radical (unpaired) electrons. The van der Waals surface area contributed by atoms with E-state index in [1.54, 1.807) is 0 Å². The molecule has 1 aliphatic carbocycles. The number of rotatable bonds is 4. The van der Waals surface area contributed by atoms with E-state index in [2.05, 4.69) is 5.32 Å². The summed E-state index contributed by atoms with van der Waals surface area (Å²) in [6, 6.07) is -0.696. The molecule has 2 N–H and O–H groups in total. The number of carbonyl (C=O) groups is 2. The maximum absolute atomic E-state index is 11.6. The standard InChI is InChI=1S/C10H15NO4/c12-9(7-3-4-15-5-7)11-8(10(13)14)6-1-2-6/h6-8H,1-5H2,(H,11,12)(H,13,14). The number of carbonyl (C=O) groups excluding carboxylic acids is 1. The lowest BCUT2D eigenvalue weighted by atomic mass is 10.1. The van der Waals surface area contributed by atoms with Crippen LogP contribution in [0, 0.1) is 11.8 Å². The molecule has 0 aromatic heterocycles. The maximum Gasteiger partial charge on any atom is 0.326 e. The van der Waals surface area contributed by atoms with Crippen molar-refractivity contribution in [3.63, 3.8) is 0 Å². The van der Waals surface area contributed by atoms with Gasteiger partial charge in [0.15, 0.2) is 0 Å². The fourth-order valence-corrected chi connectivity index (χ4v) is 1.82. The molecule has 84 valence electrons. The van der Waals surface area contributed by atoms with Crippen molar-refractivity contribution in [1.82, 2.24) is 5.32 Å². The van der Waals surface area contributed by atoms with Gasteiger partial charge in [0.25, 0.3) is 0 Å². The molecule has 0 spiro atoms. The first-order valence-electron chi connectivity index (χ1n) is 5.29. The van der Waals surface area contributed by atoms with Crippen LogP contribution in [-0.2, 0) is 14.3 Å². The highest BCUT2D eigenvalue weighted by atomic mass is 16.5. The number of amides is 1. The van der Waals surface area contributed by atoms with Crippen LogP contribution in [0.3, 0.4) is 0 Å². The van der Waals surface area contributed by atoms with Crippen LogP contribution in [0.5, 0.6) is 0 Å². The Hall–Kier alpha value is -1.10. The van der Waals surface area contributed by atoms with E-state index in [0.717, 1.165) is 12.8 Å². The molecule has 5 nitrogen and oxygen atoms in total. The Labute approximate surface area is 87.8 Å². The topological polar surface area (TPSA) is 75.6 Å². The molecule has 1 amide bonds. The van der Waals surface area contributed by atoms with Crippen LogP contribution in [0.4, 0.5) is 0 Å². The second-order valence-corrected chi connectivity index (χ2v) is 4.22. The van der Waals surface area contributed by atoms with Gasteiger partial charge in [-0.2, -0.15) is 0 Å². The van der Waals surface area contributed by atoms with Crippen LogP contribution in [-0.4, -0.2) is 36.2 Å². The Morgan fingerprint density at radius 2 is 2.07 bits per heavy atom. The monoisotopic (exact) mass is 213 g/mol. The number of ether oxygens (including phenoxy) is 1. The highest BCUT2D eigenvalue weighted by Crippen LogP contribution is 2.33. The van der Waals surface area contributed by atoms with Gasteiger partial charge in [-0.15, -0.1) is 0 Å². The first-order valence-corrected chi connectivity index (χ1v) is 5.29. The Balaban J connectivity index is 1.87. The molecular formula is C10H15NO4. The lowest BCUT2D eigenvalue weighted by Crippen LogP contribution is -2.45. The third-order valence-electron chi connectivity index (χ3n) is 2.96. The summed E-state index contributed by atoms with van der Waals surface area (Å²) >= 11 is 0. The zero-order chi connectivity index (χ0) is 10.8. The summed E-state index contributed by atoms with van der Waals surface area (Å²) in [6.45, 7) is 1.02. The van der Waals surface area contributed by atoms with Gasteiger partial charge in [0, 0.05) is 6.61 Å². The van der Waals surface area contributed by atoms with Crippen LogP contribution in [0.1, 0.15) is 19.3 Å². The minimum atomic E-state index is -0.926. The van der Waals surface area contributed by atoms with Crippen molar-refractivity contribution in [2.24, 2.45) is 11.8 Å². The first-order chi connectivity index (χ1) is 7.18. The quantitative estimate of drug-likeness (QED) is 0.689. The van der Waals surface area contributed by atoms with Crippen molar-refractivity contribution in [2.75, 3.05) is 13.2 Å². The molecule has 0 aromatic carbocycles. The summed E-state index contributed by atoms with van der Waals surface area (Å²) in [5.74, 6) is -1.13. The van der Waals surface area contributed by atoms with Gasteiger partial charge in [-0.05, 0) is 25.2 Å². The molecule has 1 saturated carbocycles. The fraction of sp³-hybridized carbons (Fsp3) is 0.800. The highest BCUT2D eigenvalue weighted by molar-refractivity contribution is 5.85. The van der Waals surface area contributed by atoms with Crippen LogP contribution >= 0.6 is 0 Å². The second-order valence-electron chi connectivity index (χ2n) is 4.22. The highest BCUT2D eigenvalue weighted by Gasteiger charge is 2.38. The molecule has 1 heterocycles. The molecule has 1 aliphatic heterocycles. The number of aliphatic carboxylic acids is 1. The summed E-state index contributed by atoms with van der Waals surface area (Å²) in [6.07, 6.45) is 2.50. The molecule has 1 saturated heterocycles. The molecule has 0 bridgehead atoms. The van der Waals surface area contributed by atoms with Crippen molar-refractivity contribution in [2.45, 2.75) is 25.3 Å². The molecular weight excluding hydrogens is 198 g/mol. The minimum Gasteiger partial charge on any atom is -0.480 e. The Bertz CT molecular complexity index is 269. The Kier molecular flexibility index (Phi) is 2.90. The average Bonchev–Trinajstić information content (AvgIpc) is 2.87. The van der Waals surface area contributed by atoms with Crippen molar-refractivity contribution in [3.8, 4) is 0 Å². The van der Waals surface area contributed by atoms with Crippen LogP contribution in [0.15, 0.2) is 0 Å². The van der Waals surface area contributed by atoms with E-state index in [1.807, 2.05) is 0 Å². The van der Waals surface area contributed by atoms with Crippen LogP contribution in [0.25, 0.3) is 0 Å². The lowest BCUT2D eigenvalue weighted by molar-refractivity contribution is -0.143. The summed E-state index contributed by atoms with van der Waals surface area (Å²) in [5, 5.41) is 11.5. The number of hydrogen-bond donors (Lipinski definition) is 2. The number of hydrogen-bond acceptors (Lipinski definition) is 3. The summed E-state index contributed by atoms with van der Waals surface area (Å²) in [4.78, 5) is 22.5. The predicted molar refractivity (Wildman–Crippen MR) is 51.2 cm³/mol. The molecule has 5 heteroatoms. The van der Waals surface area contributed by atoms with Crippen molar-refractivity contribution < 1.29 is 19.4 Å². The second kappa shape index (κ2) is 4.18. The summed E-state index contributed by atoms with van der Waals surface area (Å²) in [5.41, 5.74) is 0. The molecule has 2 rings (SSSR count). The Morgan fingerprint density at radius 3 is 2.53 bits per heavy atom. The third kappa shape index (κ3) is 2.47. The van der Waals surface area contributed by atoms with Gasteiger partial charge in [0.1, 0.15) is 6.04 Å². The van der Waals surface area contributed by atoms with E-state index < -0.39 is 12.0 Å². The zero-order valence-corrected chi connectivity index (χ0v) is 8.44. The lowest BCUT2D eigenvalue weighted by Gasteiger charge is -2.15. The largest absolute Gasteiger partial charge is 0.480 e. The van der Waals surface area contributed by atoms with Crippen LogP contribution in [0.2, 0.25) is 0 Å². The van der Waals surface area contributed by atoms with Gasteiger partial charge in [-0.25, -0.2) is 4.79 Å². The van der Waals surface area contributed by atoms with Gasteiger partial charge >= 0.3 is 5.97 Å². The van der Waals surface area contributed by atoms with E-state index in [1.165, 1.54) is 0 Å². The normalized spacial score (nSPS) is 27.3. The SMILES string of the molecule is O=C(NC(C(=O)O)C1CC1)C1CCOC1. The zero-order valence-electron chi connectivity index (χ0n) is 8.44. The molecule has 15 heavy (non-hydrogen) atoms. The molecule has 0 aromatic rings. The van der Waals surface area contributed by atoms with E-state index in [9.17, 15) is 9.59 Å². The van der Waals surface area contributed by atoms with E-state index in [4.69, 9.17) is 9.84 Å². The molecule has 2 fully saturated rings. The average molecular weight is 213 g/mol. The number of carboxylic acid groups (broad SMARTS) is 1. The van der Waals surface area contributed by atoms with Gasteiger partial charge < -0.3 is 15.2 Å². The fourth-order valence-electron chi connectivity index (χ4n) is 1.82. The van der Waals surface area contributed by atoms with E-state index in [-0.39, 0.29) is 17.7 Å². The van der Waals surface area contributed by atoms with E-state index in [0.29, 0.717) is 19.6 Å². The predicted octanol–water partition coefficient (Wildman–Crippen LogP) is 0.00230. The van der Waals surface area contributed by atoms with Gasteiger partial charge in [-0.3, -0.25) is 4.79 Å². The third-order valence-corrected chi connectivity index (χ3v) is 2.96. The number of nitrogens with one attached hydrogen (secondary N) is 1. The number of carboxylic acids is 1. The molecule has 2 unspecified atom stereocenters. The minimum absolute atomic E-state index is 0.133. The van der Waals surface area contributed by atoms with E-state index >= 15 is 0 Å². The molecule has 2 aliphatic rings. The summed E-state index contributed by atoms with van der Waals surface area (Å²) in [7, 11) is 0. The van der Waals surface area contributed by atoms with Crippen molar-refractivity contribution in [3.05, 3.63) is 0 Å². The first kappa shape index (κ1) is 10.4. The van der Waals surface area contributed by atoms with Crippen molar-refractivity contribution in [1.29, 1.82) is 0 Å². The van der Waals surface area contributed by atoms with Crippen molar-refractivity contribution >= 4 is 11.9 Å². The van der Waals surface area contributed by atoms with Gasteiger partial charge in [0.05, 0.1) is 12.5 Å². The van der Waals surface area contributed by atoms with Gasteiger partial charge in [0.2, 0.25) is 5.91 Å².